The van der Waals surface area contributed by atoms with Gasteiger partial charge in [0.05, 0.1) is 0 Å². The topological polar surface area (TPSA) is 12.0 Å². The van der Waals surface area contributed by atoms with E-state index < -0.39 is 0 Å². The highest BCUT2D eigenvalue weighted by atomic mass is 79.9. The molecule has 0 bridgehead atoms. The van der Waals surface area contributed by atoms with E-state index in [-0.39, 0.29) is 0 Å². The van der Waals surface area contributed by atoms with Crippen molar-refractivity contribution in [3.05, 3.63) is 20.8 Å². The standard InChI is InChI=1S/C11H16BrNS/c1-11(2)4-3-10(11)13-5-8-6-14-7-9(8)12/h6-7,10,13H,3-5H2,1-2H3. The van der Waals surface area contributed by atoms with Crippen molar-refractivity contribution >= 4 is 27.3 Å². The summed E-state index contributed by atoms with van der Waals surface area (Å²) in [5.41, 5.74) is 1.89. The van der Waals surface area contributed by atoms with E-state index in [1.807, 2.05) is 0 Å². The van der Waals surface area contributed by atoms with Crippen LogP contribution < -0.4 is 5.32 Å². The van der Waals surface area contributed by atoms with Gasteiger partial charge in [-0.1, -0.05) is 13.8 Å². The smallest absolute Gasteiger partial charge is 0.0327 e. The van der Waals surface area contributed by atoms with Crippen LogP contribution in [0, 0.1) is 5.41 Å². The Bertz CT molecular complexity index is 319. The van der Waals surface area contributed by atoms with Gasteiger partial charge in [-0.25, -0.2) is 0 Å². The van der Waals surface area contributed by atoms with Crippen LogP contribution in [0.15, 0.2) is 15.2 Å². The van der Waals surface area contributed by atoms with E-state index in [0.717, 1.165) is 6.54 Å². The van der Waals surface area contributed by atoms with Crippen LogP contribution in [0.4, 0.5) is 0 Å². The molecular weight excluding hydrogens is 258 g/mol. The van der Waals surface area contributed by atoms with Crippen molar-refractivity contribution < 1.29 is 0 Å². The summed E-state index contributed by atoms with van der Waals surface area (Å²) in [5, 5.41) is 7.98. The first-order valence-electron chi connectivity index (χ1n) is 5.03. The van der Waals surface area contributed by atoms with Crippen LogP contribution in [0.2, 0.25) is 0 Å². The van der Waals surface area contributed by atoms with Gasteiger partial charge in [0, 0.05) is 22.4 Å². The number of hydrogen-bond donors (Lipinski definition) is 1. The van der Waals surface area contributed by atoms with Crippen LogP contribution in [-0.4, -0.2) is 6.04 Å². The van der Waals surface area contributed by atoms with Crippen LogP contribution in [0.5, 0.6) is 0 Å². The Labute approximate surface area is 98.0 Å². The first kappa shape index (κ1) is 10.7. The predicted octanol–water partition coefficient (Wildman–Crippen LogP) is 3.79. The van der Waals surface area contributed by atoms with E-state index in [2.05, 4.69) is 45.9 Å². The summed E-state index contributed by atoms with van der Waals surface area (Å²) < 4.78 is 1.24. The molecule has 1 aliphatic carbocycles. The molecule has 0 radical (unpaired) electrons. The lowest BCUT2D eigenvalue weighted by Crippen LogP contribution is -2.49. The Kier molecular flexibility index (Phi) is 3.01. The van der Waals surface area contributed by atoms with Gasteiger partial charge in [0.25, 0.3) is 0 Å². The zero-order valence-corrected chi connectivity index (χ0v) is 11.0. The second-order valence-corrected chi connectivity index (χ2v) is 6.30. The first-order chi connectivity index (χ1) is 6.59. The van der Waals surface area contributed by atoms with Gasteiger partial charge >= 0.3 is 0 Å². The third-order valence-corrected chi connectivity index (χ3v) is 5.08. The number of rotatable bonds is 3. The highest BCUT2D eigenvalue weighted by molar-refractivity contribution is 9.10. The van der Waals surface area contributed by atoms with E-state index >= 15 is 0 Å². The Morgan fingerprint density at radius 2 is 2.36 bits per heavy atom. The maximum Gasteiger partial charge on any atom is 0.0327 e. The molecule has 1 saturated carbocycles. The Hall–Kier alpha value is 0.140. The molecule has 1 heterocycles. The highest BCUT2D eigenvalue weighted by Gasteiger charge is 2.37. The Balaban J connectivity index is 1.87. The van der Waals surface area contributed by atoms with Crippen molar-refractivity contribution in [1.82, 2.24) is 5.32 Å². The summed E-state index contributed by atoms with van der Waals surface area (Å²) in [6.07, 6.45) is 2.68. The molecule has 1 fully saturated rings. The summed E-state index contributed by atoms with van der Waals surface area (Å²) in [4.78, 5) is 0. The quantitative estimate of drug-likeness (QED) is 0.884. The molecule has 3 heteroatoms. The van der Waals surface area contributed by atoms with Gasteiger partial charge in [0.1, 0.15) is 0 Å². The van der Waals surface area contributed by atoms with Gasteiger partial charge in [-0.2, -0.15) is 11.3 Å². The van der Waals surface area contributed by atoms with Crippen molar-refractivity contribution in [3.8, 4) is 0 Å². The van der Waals surface area contributed by atoms with E-state index in [1.165, 1.54) is 22.9 Å². The molecule has 2 rings (SSSR count). The van der Waals surface area contributed by atoms with Crippen LogP contribution in [-0.2, 0) is 6.54 Å². The molecule has 1 unspecified atom stereocenters. The van der Waals surface area contributed by atoms with Crippen molar-refractivity contribution in [3.63, 3.8) is 0 Å². The van der Waals surface area contributed by atoms with Gasteiger partial charge in [0.15, 0.2) is 0 Å². The summed E-state index contributed by atoms with van der Waals surface area (Å²) in [6, 6.07) is 0.703. The molecule has 1 aromatic heterocycles. The van der Waals surface area contributed by atoms with Crippen LogP contribution in [0.25, 0.3) is 0 Å². The molecule has 0 aliphatic heterocycles. The molecule has 78 valence electrons. The number of thiophene rings is 1. The van der Waals surface area contributed by atoms with Crippen molar-refractivity contribution in [2.45, 2.75) is 39.3 Å². The van der Waals surface area contributed by atoms with Crippen molar-refractivity contribution in [2.75, 3.05) is 0 Å². The van der Waals surface area contributed by atoms with Gasteiger partial charge < -0.3 is 5.32 Å². The normalized spacial score (nSPS) is 24.6. The van der Waals surface area contributed by atoms with Crippen LogP contribution in [0.3, 0.4) is 0 Å². The minimum atomic E-state index is 0.502. The monoisotopic (exact) mass is 273 g/mol. The summed E-state index contributed by atoms with van der Waals surface area (Å²) >= 11 is 5.31. The third kappa shape index (κ3) is 2.05. The van der Waals surface area contributed by atoms with Gasteiger partial charge in [-0.15, -0.1) is 0 Å². The maximum atomic E-state index is 3.63. The van der Waals surface area contributed by atoms with E-state index in [4.69, 9.17) is 0 Å². The molecule has 1 nitrogen and oxygen atoms in total. The SMILES string of the molecule is CC1(C)CCC1NCc1cscc1Br. The molecule has 0 amide bonds. The average molecular weight is 274 g/mol. The van der Waals surface area contributed by atoms with E-state index in [0.29, 0.717) is 11.5 Å². The fourth-order valence-electron chi connectivity index (χ4n) is 1.91. The molecule has 1 aromatic rings. The molecule has 1 atom stereocenters. The Morgan fingerprint density at radius 3 is 2.79 bits per heavy atom. The summed E-state index contributed by atoms with van der Waals surface area (Å²) in [5.74, 6) is 0. The maximum absolute atomic E-state index is 3.63. The molecule has 14 heavy (non-hydrogen) atoms. The zero-order chi connectivity index (χ0) is 10.2. The zero-order valence-electron chi connectivity index (χ0n) is 8.64. The lowest BCUT2D eigenvalue weighted by molar-refractivity contribution is 0.108. The second-order valence-electron chi connectivity index (χ2n) is 4.71. The molecule has 0 spiro atoms. The first-order valence-corrected chi connectivity index (χ1v) is 6.77. The minimum Gasteiger partial charge on any atom is -0.309 e. The van der Waals surface area contributed by atoms with Crippen molar-refractivity contribution in [2.24, 2.45) is 5.41 Å². The number of halogens is 1. The predicted molar refractivity (Wildman–Crippen MR) is 65.7 cm³/mol. The average Bonchev–Trinajstić information content (AvgIpc) is 2.50. The lowest BCUT2D eigenvalue weighted by atomic mass is 9.67. The number of nitrogens with one attached hydrogen (secondary N) is 1. The largest absolute Gasteiger partial charge is 0.309 e. The molecule has 1 aliphatic rings. The third-order valence-electron chi connectivity index (χ3n) is 3.25. The molecule has 0 saturated heterocycles. The van der Waals surface area contributed by atoms with Gasteiger partial charge in [0.2, 0.25) is 0 Å². The van der Waals surface area contributed by atoms with Gasteiger partial charge in [-0.05, 0) is 45.1 Å². The van der Waals surface area contributed by atoms with E-state index in [1.54, 1.807) is 11.3 Å². The fraction of sp³-hybridized carbons (Fsp3) is 0.636. The van der Waals surface area contributed by atoms with Gasteiger partial charge in [-0.3, -0.25) is 0 Å². The molecular formula is C11H16BrNS. The minimum absolute atomic E-state index is 0.502. The summed E-state index contributed by atoms with van der Waals surface area (Å²) in [6.45, 7) is 5.69. The summed E-state index contributed by atoms with van der Waals surface area (Å²) in [7, 11) is 0. The Morgan fingerprint density at radius 1 is 1.57 bits per heavy atom. The molecule has 0 aromatic carbocycles. The number of hydrogen-bond acceptors (Lipinski definition) is 2. The fourth-order valence-corrected chi connectivity index (χ4v) is 3.35. The lowest BCUT2D eigenvalue weighted by Gasteiger charge is -2.45. The van der Waals surface area contributed by atoms with E-state index in [9.17, 15) is 0 Å². The highest BCUT2D eigenvalue weighted by Crippen LogP contribution is 2.40. The molecule has 1 N–H and O–H groups in total. The van der Waals surface area contributed by atoms with Crippen LogP contribution in [0.1, 0.15) is 32.3 Å². The van der Waals surface area contributed by atoms with Crippen LogP contribution >= 0.6 is 27.3 Å². The second kappa shape index (κ2) is 3.95. The van der Waals surface area contributed by atoms with Crippen molar-refractivity contribution in [1.29, 1.82) is 0 Å².